The summed E-state index contributed by atoms with van der Waals surface area (Å²) in [6.07, 6.45) is 1.53. The molecule has 0 bridgehead atoms. The Morgan fingerprint density at radius 1 is 1.27 bits per heavy atom. The average molecular weight is 584 g/mol. The molecule has 3 saturated heterocycles. The molecule has 5 N–H and O–H groups in total. The standard InChI is InChI=1S/C29H37N5O6S/c1-14(9-15(2)35)22-23-16(3)25(24(29(39)40)34(23)28(22)38)41-20-11-21(31-12-20)26(36)32-19-6-4-5-17(10-19)27(37)33-8-7-18(30)13-33/h4-6,10,14,16,18,20-23,31H,7-9,11-13,30H2,1-3H3,(H,32,36)(H,39,40)/t14-,16+,18-,20?,21-,22+,23+/m0/s1. The highest BCUT2D eigenvalue weighted by Crippen LogP contribution is 2.53. The Labute approximate surface area is 243 Å². The maximum absolute atomic E-state index is 13.1. The molecule has 4 aliphatic rings. The molecule has 4 aliphatic heterocycles. The van der Waals surface area contributed by atoms with Crippen LogP contribution in [0.4, 0.5) is 5.69 Å². The summed E-state index contributed by atoms with van der Waals surface area (Å²) >= 11 is 1.42. The van der Waals surface area contributed by atoms with Gasteiger partial charge in [-0.3, -0.25) is 14.4 Å². The molecule has 3 fully saturated rings. The number of likely N-dealkylation sites (tertiary alicyclic amines) is 1. The van der Waals surface area contributed by atoms with E-state index in [0.29, 0.717) is 42.2 Å². The maximum atomic E-state index is 13.1. The van der Waals surface area contributed by atoms with Gasteiger partial charge in [0.05, 0.1) is 18.0 Å². The number of carboxylic acid groups (broad SMARTS) is 1. The lowest BCUT2D eigenvalue weighted by atomic mass is 9.73. The van der Waals surface area contributed by atoms with Crippen molar-refractivity contribution in [1.29, 1.82) is 0 Å². The molecule has 4 heterocycles. The first-order valence-electron chi connectivity index (χ1n) is 14.1. The lowest BCUT2D eigenvalue weighted by Gasteiger charge is -2.47. The molecule has 220 valence electrons. The Morgan fingerprint density at radius 3 is 2.68 bits per heavy atom. The predicted molar refractivity (Wildman–Crippen MR) is 154 cm³/mol. The topological polar surface area (TPSA) is 162 Å². The number of benzene rings is 1. The van der Waals surface area contributed by atoms with E-state index in [2.05, 4.69) is 10.6 Å². The second-order valence-corrected chi connectivity index (χ2v) is 13.1. The van der Waals surface area contributed by atoms with E-state index in [1.54, 1.807) is 29.2 Å². The number of fused-ring (bicyclic) bond motifs is 1. The molecule has 41 heavy (non-hydrogen) atoms. The van der Waals surface area contributed by atoms with E-state index < -0.39 is 12.0 Å². The highest BCUT2D eigenvalue weighted by Gasteiger charge is 2.60. The van der Waals surface area contributed by atoms with Crippen LogP contribution in [0, 0.1) is 17.8 Å². The zero-order chi connectivity index (χ0) is 29.6. The van der Waals surface area contributed by atoms with Crippen molar-refractivity contribution in [3.05, 3.63) is 40.4 Å². The van der Waals surface area contributed by atoms with E-state index in [1.807, 2.05) is 13.8 Å². The minimum atomic E-state index is -1.14. The molecule has 12 heteroatoms. The Morgan fingerprint density at radius 2 is 2.02 bits per heavy atom. The van der Waals surface area contributed by atoms with Crippen molar-refractivity contribution >= 4 is 46.9 Å². The maximum Gasteiger partial charge on any atom is 0.353 e. The summed E-state index contributed by atoms with van der Waals surface area (Å²) < 4.78 is 0. The lowest BCUT2D eigenvalue weighted by molar-refractivity contribution is -0.160. The van der Waals surface area contributed by atoms with Gasteiger partial charge in [0, 0.05) is 59.4 Å². The first kappa shape index (κ1) is 29.3. The number of aliphatic carboxylic acids is 1. The van der Waals surface area contributed by atoms with Gasteiger partial charge in [0.2, 0.25) is 11.8 Å². The number of carboxylic acids is 1. The van der Waals surface area contributed by atoms with E-state index in [9.17, 15) is 29.1 Å². The van der Waals surface area contributed by atoms with Crippen LogP contribution in [-0.4, -0.2) is 87.4 Å². The van der Waals surface area contributed by atoms with Crippen LogP contribution in [0.15, 0.2) is 34.9 Å². The third-order valence-electron chi connectivity index (χ3n) is 8.60. The quantitative estimate of drug-likeness (QED) is 0.317. The molecular weight excluding hydrogens is 546 g/mol. The molecule has 0 saturated carbocycles. The van der Waals surface area contributed by atoms with Gasteiger partial charge < -0.3 is 36.1 Å². The van der Waals surface area contributed by atoms with E-state index in [1.165, 1.54) is 23.6 Å². The molecule has 7 atom stereocenters. The number of hydrogen-bond donors (Lipinski definition) is 4. The van der Waals surface area contributed by atoms with Crippen molar-refractivity contribution in [2.45, 2.75) is 63.4 Å². The number of β-lactam (4-membered cyclic amide) rings is 1. The van der Waals surface area contributed by atoms with Crippen molar-refractivity contribution < 1.29 is 29.1 Å². The van der Waals surface area contributed by atoms with Crippen molar-refractivity contribution in [2.24, 2.45) is 23.5 Å². The van der Waals surface area contributed by atoms with Crippen LogP contribution in [-0.2, 0) is 19.2 Å². The summed E-state index contributed by atoms with van der Waals surface area (Å²) in [5.41, 5.74) is 6.97. The number of amides is 3. The number of ketones is 1. The SMILES string of the molecule is CC(=O)C[C@H](C)[C@H]1C(=O)N2C(C(=O)O)=C(SC3CN[C@H](C(=O)Nc4cccc(C(=O)N5CC[C@H](N)C5)c4)C3)[C@H](C)[C@H]12. The normalized spacial score (nSPS) is 29.8. The zero-order valence-corrected chi connectivity index (χ0v) is 24.3. The predicted octanol–water partition coefficient (Wildman–Crippen LogP) is 1.65. The summed E-state index contributed by atoms with van der Waals surface area (Å²) in [5, 5.41) is 16.1. The van der Waals surface area contributed by atoms with Crippen LogP contribution in [0.3, 0.4) is 0 Å². The number of Topliss-reactive ketones (excluding diaryl/α,β-unsaturated/α-hetero) is 1. The first-order valence-corrected chi connectivity index (χ1v) is 15.0. The van der Waals surface area contributed by atoms with Crippen molar-refractivity contribution in [3.63, 3.8) is 0 Å². The number of thioether (sulfide) groups is 1. The van der Waals surface area contributed by atoms with Gasteiger partial charge in [-0.1, -0.05) is 19.9 Å². The zero-order valence-electron chi connectivity index (χ0n) is 23.5. The van der Waals surface area contributed by atoms with Crippen LogP contribution in [0.25, 0.3) is 0 Å². The fourth-order valence-electron chi connectivity index (χ4n) is 6.63. The van der Waals surface area contributed by atoms with Crippen molar-refractivity contribution in [3.8, 4) is 0 Å². The van der Waals surface area contributed by atoms with Crippen molar-refractivity contribution in [2.75, 3.05) is 25.0 Å². The number of nitrogens with zero attached hydrogens (tertiary/aromatic N) is 2. The second kappa shape index (κ2) is 11.6. The van der Waals surface area contributed by atoms with Crippen LogP contribution in [0.2, 0.25) is 0 Å². The van der Waals surface area contributed by atoms with Gasteiger partial charge in [-0.15, -0.1) is 11.8 Å². The van der Waals surface area contributed by atoms with Gasteiger partial charge in [0.15, 0.2) is 0 Å². The summed E-state index contributed by atoms with van der Waals surface area (Å²) in [5.74, 6) is -2.44. The number of nitrogens with two attached hydrogens (primary N) is 1. The molecule has 0 aliphatic carbocycles. The van der Waals surface area contributed by atoms with E-state index in [0.717, 1.165) is 6.42 Å². The molecule has 1 unspecified atom stereocenters. The molecule has 0 spiro atoms. The second-order valence-electron chi connectivity index (χ2n) is 11.7. The number of carbonyl (C=O) groups excluding carboxylic acids is 4. The molecule has 1 aromatic carbocycles. The van der Waals surface area contributed by atoms with E-state index >= 15 is 0 Å². The smallest absolute Gasteiger partial charge is 0.353 e. The Bertz CT molecular complexity index is 1320. The monoisotopic (exact) mass is 583 g/mol. The number of nitrogens with one attached hydrogen (secondary N) is 2. The third-order valence-corrected chi connectivity index (χ3v) is 10.1. The fourth-order valence-corrected chi connectivity index (χ4v) is 8.11. The first-order chi connectivity index (χ1) is 19.5. The minimum absolute atomic E-state index is 0.00594. The number of hydrogen-bond acceptors (Lipinski definition) is 8. The molecule has 3 amide bonds. The summed E-state index contributed by atoms with van der Waals surface area (Å²) in [4.78, 5) is 66.6. The van der Waals surface area contributed by atoms with Gasteiger partial charge in [-0.25, -0.2) is 4.79 Å². The number of anilines is 1. The van der Waals surface area contributed by atoms with Gasteiger partial charge in [0.1, 0.15) is 11.5 Å². The molecule has 1 aromatic rings. The molecule has 0 aromatic heterocycles. The number of carbonyl (C=O) groups is 5. The van der Waals surface area contributed by atoms with Gasteiger partial charge in [-0.2, -0.15) is 0 Å². The van der Waals surface area contributed by atoms with Crippen LogP contribution in [0.5, 0.6) is 0 Å². The van der Waals surface area contributed by atoms with Crippen LogP contribution >= 0.6 is 11.8 Å². The van der Waals surface area contributed by atoms with Gasteiger partial charge in [0.25, 0.3) is 5.91 Å². The Balaban J connectivity index is 1.21. The third kappa shape index (κ3) is 5.64. The lowest BCUT2D eigenvalue weighted by Crippen LogP contribution is -2.62. The van der Waals surface area contributed by atoms with Gasteiger partial charge in [-0.05, 0) is 43.9 Å². The van der Waals surface area contributed by atoms with Gasteiger partial charge >= 0.3 is 5.97 Å². The largest absolute Gasteiger partial charge is 0.477 e. The molecule has 0 radical (unpaired) electrons. The molecular formula is C29H37N5O6S. The highest BCUT2D eigenvalue weighted by molar-refractivity contribution is 8.03. The van der Waals surface area contributed by atoms with Crippen LogP contribution in [0.1, 0.15) is 50.4 Å². The summed E-state index contributed by atoms with van der Waals surface area (Å²) in [6, 6.07) is 6.08. The molecule has 11 nitrogen and oxygen atoms in total. The van der Waals surface area contributed by atoms with Crippen LogP contribution < -0.4 is 16.4 Å². The van der Waals surface area contributed by atoms with E-state index in [4.69, 9.17) is 5.73 Å². The average Bonchev–Trinajstić information content (AvgIpc) is 3.61. The Hall–Kier alpha value is -3.22. The molecule has 5 rings (SSSR count). The fraction of sp³-hybridized carbons (Fsp3) is 0.552. The Kier molecular flexibility index (Phi) is 8.27. The minimum Gasteiger partial charge on any atom is -0.477 e. The highest BCUT2D eigenvalue weighted by atomic mass is 32.2. The number of rotatable bonds is 9. The van der Waals surface area contributed by atoms with Crippen molar-refractivity contribution in [1.82, 2.24) is 15.1 Å². The summed E-state index contributed by atoms with van der Waals surface area (Å²) in [7, 11) is 0. The van der Waals surface area contributed by atoms with E-state index in [-0.39, 0.29) is 70.7 Å². The summed E-state index contributed by atoms with van der Waals surface area (Å²) in [6.45, 7) is 6.94.